The number of likely N-dealkylation sites (N-methyl/N-ethyl adjacent to an activating group) is 1. The summed E-state index contributed by atoms with van der Waals surface area (Å²) in [5.41, 5.74) is 1.46. The summed E-state index contributed by atoms with van der Waals surface area (Å²) in [6.07, 6.45) is 0. The van der Waals surface area contributed by atoms with Crippen molar-refractivity contribution < 1.29 is 4.79 Å². The number of hydrogen-bond acceptors (Lipinski definition) is 3. The fraction of sp³-hybridized carbons (Fsp3) is 0.385. The van der Waals surface area contributed by atoms with Crippen LogP contribution in [0.1, 0.15) is 10.5 Å². The summed E-state index contributed by atoms with van der Waals surface area (Å²) in [7, 11) is 5.80. The van der Waals surface area contributed by atoms with Gasteiger partial charge in [-0.25, -0.2) is 0 Å². The molecule has 1 N–H and O–H groups in total. The fourth-order valence-electron chi connectivity index (χ4n) is 1.86. The van der Waals surface area contributed by atoms with Crippen LogP contribution in [0.4, 0.5) is 0 Å². The quantitative estimate of drug-likeness (QED) is 0.870. The first-order valence-corrected chi connectivity index (χ1v) is 5.94. The van der Waals surface area contributed by atoms with Gasteiger partial charge in [0.25, 0.3) is 5.91 Å². The molecule has 1 heterocycles. The molecule has 0 radical (unpaired) electrons. The molecule has 0 unspecified atom stereocenters. The van der Waals surface area contributed by atoms with Gasteiger partial charge in [0.05, 0.1) is 5.52 Å². The van der Waals surface area contributed by atoms with E-state index in [-0.39, 0.29) is 5.91 Å². The molecule has 2 rings (SSSR count). The lowest BCUT2D eigenvalue weighted by Crippen LogP contribution is -2.31. The molecule has 5 nitrogen and oxygen atoms in total. The second-order valence-corrected chi connectivity index (χ2v) is 4.55. The van der Waals surface area contributed by atoms with Crippen molar-refractivity contribution in [2.45, 2.75) is 0 Å². The van der Waals surface area contributed by atoms with Gasteiger partial charge in [-0.3, -0.25) is 9.48 Å². The van der Waals surface area contributed by atoms with Crippen molar-refractivity contribution >= 4 is 16.8 Å². The van der Waals surface area contributed by atoms with Crippen LogP contribution in [0.15, 0.2) is 24.3 Å². The molecular weight excluding hydrogens is 228 g/mol. The van der Waals surface area contributed by atoms with Crippen molar-refractivity contribution in [1.82, 2.24) is 20.0 Å². The summed E-state index contributed by atoms with van der Waals surface area (Å²) >= 11 is 0. The number of para-hydroxylation sites is 1. The number of nitrogens with zero attached hydrogens (tertiary/aromatic N) is 3. The second-order valence-electron chi connectivity index (χ2n) is 4.55. The van der Waals surface area contributed by atoms with Crippen LogP contribution in [0.5, 0.6) is 0 Å². The predicted molar refractivity (Wildman–Crippen MR) is 71.6 cm³/mol. The van der Waals surface area contributed by atoms with Gasteiger partial charge < -0.3 is 10.2 Å². The highest BCUT2D eigenvalue weighted by molar-refractivity contribution is 6.04. The molecule has 5 heteroatoms. The zero-order chi connectivity index (χ0) is 13.1. The van der Waals surface area contributed by atoms with Gasteiger partial charge in [-0.1, -0.05) is 18.2 Å². The van der Waals surface area contributed by atoms with Crippen molar-refractivity contribution in [2.75, 3.05) is 27.2 Å². The molecule has 0 spiro atoms. The Morgan fingerprint density at radius 2 is 2.11 bits per heavy atom. The standard InChI is InChI=1S/C13H18N4O/c1-16(2)9-8-14-13(18)12-10-6-4-5-7-11(10)17(3)15-12/h4-7H,8-9H2,1-3H3,(H,14,18). The minimum atomic E-state index is -0.117. The molecule has 0 aliphatic heterocycles. The predicted octanol–water partition coefficient (Wildman–Crippen LogP) is 0.865. The van der Waals surface area contributed by atoms with Crippen LogP contribution in [-0.2, 0) is 7.05 Å². The number of aromatic nitrogens is 2. The van der Waals surface area contributed by atoms with Crippen molar-refractivity contribution in [3.05, 3.63) is 30.0 Å². The van der Waals surface area contributed by atoms with Crippen molar-refractivity contribution in [3.8, 4) is 0 Å². The Labute approximate surface area is 106 Å². The number of hydrogen-bond donors (Lipinski definition) is 1. The van der Waals surface area contributed by atoms with Crippen molar-refractivity contribution in [2.24, 2.45) is 7.05 Å². The first kappa shape index (κ1) is 12.6. The van der Waals surface area contributed by atoms with E-state index in [1.54, 1.807) is 4.68 Å². The first-order chi connectivity index (χ1) is 8.59. The Morgan fingerprint density at radius 1 is 1.39 bits per heavy atom. The molecule has 0 saturated heterocycles. The molecule has 1 aromatic heterocycles. The lowest BCUT2D eigenvalue weighted by atomic mass is 10.2. The Balaban J connectivity index is 2.18. The number of amides is 1. The zero-order valence-electron chi connectivity index (χ0n) is 11.0. The van der Waals surface area contributed by atoms with Crippen LogP contribution < -0.4 is 5.32 Å². The maximum atomic E-state index is 12.0. The van der Waals surface area contributed by atoms with Crippen LogP contribution in [0.2, 0.25) is 0 Å². The number of carbonyl (C=O) groups is 1. The maximum Gasteiger partial charge on any atom is 0.272 e. The number of nitrogens with one attached hydrogen (secondary N) is 1. The van der Waals surface area contributed by atoms with Gasteiger partial charge in [0.1, 0.15) is 0 Å². The SMILES string of the molecule is CN(C)CCNC(=O)c1nn(C)c2ccccc12. The summed E-state index contributed by atoms with van der Waals surface area (Å²) < 4.78 is 1.73. The third-order valence-corrected chi connectivity index (χ3v) is 2.82. The summed E-state index contributed by atoms with van der Waals surface area (Å²) in [5, 5.41) is 8.05. The molecule has 96 valence electrons. The smallest absolute Gasteiger partial charge is 0.272 e. The molecule has 0 bridgehead atoms. The van der Waals surface area contributed by atoms with E-state index >= 15 is 0 Å². The van der Waals surface area contributed by atoms with Gasteiger partial charge in [0.2, 0.25) is 0 Å². The molecular formula is C13H18N4O. The lowest BCUT2D eigenvalue weighted by Gasteiger charge is -2.09. The minimum Gasteiger partial charge on any atom is -0.349 e. The summed E-state index contributed by atoms with van der Waals surface area (Å²) in [6.45, 7) is 1.44. The van der Waals surface area contributed by atoms with Crippen LogP contribution in [0, 0.1) is 0 Å². The number of rotatable bonds is 4. The van der Waals surface area contributed by atoms with E-state index in [0.29, 0.717) is 12.2 Å². The van der Waals surface area contributed by atoms with Gasteiger partial charge in [0.15, 0.2) is 5.69 Å². The Bertz CT molecular complexity index is 559. The number of fused-ring (bicyclic) bond motifs is 1. The third-order valence-electron chi connectivity index (χ3n) is 2.82. The molecule has 18 heavy (non-hydrogen) atoms. The van der Waals surface area contributed by atoms with E-state index < -0.39 is 0 Å². The van der Waals surface area contributed by atoms with Crippen LogP contribution >= 0.6 is 0 Å². The summed E-state index contributed by atoms with van der Waals surface area (Å²) in [4.78, 5) is 14.1. The minimum absolute atomic E-state index is 0.117. The Hall–Kier alpha value is -1.88. The molecule has 0 atom stereocenters. The second kappa shape index (κ2) is 5.18. The molecule has 0 saturated carbocycles. The number of benzene rings is 1. The zero-order valence-corrected chi connectivity index (χ0v) is 11.0. The molecule has 1 amide bonds. The summed E-state index contributed by atoms with van der Waals surface area (Å²) in [5.74, 6) is -0.117. The van der Waals surface area contributed by atoms with Gasteiger partial charge >= 0.3 is 0 Å². The third kappa shape index (κ3) is 2.51. The average molecular weight is 246 g/mol. The molecule has 0 aliphatic carbocycles. The highest BCUT2D eigenvalue weighted by Crippen LogP contribution is 2.16. The Kier molecular flexibility index (Phi) is 3.62. The van der Waals surface area contributed by atoms with Crippen LogP contribution in [-0.4, -0.2) is 47.8 Å². The van der Waals surface area contributed by atoms with E-state index in [4.69, 9.17) is 0 Å². The monoisotopic (exact) mass is 246 g/mol. The number of carbonyl (C=O) groups excluding carboxylic acids is 1. The van der Waals surface area contributed by atoms with E-state index in [9.17, 15) is 4.79 Å². The maximum absolute atomic E-state index is 12.0. The van der Waals surface area contributed by atoms with E-state index in [2.05, 4.69) is 10.4 Å². The average Bonchev–Trinajstić information content (AvgIpc) is 2.67. The van der Waals surface area contributed by atoms with Crippen molar-refractivity contribution in [3.63, 3.8) is 0 Å². The highest BCUT2D eigenvalue weighted by Gasteiger charge is 2.14. The van der Waals surface area contributed by atoms with Crippen LogP contribution in [0.3, 0.4) is 0 Å². The normalized spacial score (nSPS) is 11.1. The van der Waals surface area contributed by atoms with Gasteiger partial charge in [-0.15, -0.1) is 0 Å². The molecule has 1 aromatic carbocycles. The number of aryl methyl sites for hydroxylation is 1. The fourth-order valence-corrected chi connectivity index (χ4v) is 1.86. The molecule has 0 aliphatic rings. The first-order valence-electron chi connectivity index (χ1n) is 5.94. The largest absolute Gasteiger partial charge is 0.349 e. The van der Waals surface area contributed by atoms with Crippen molar-refractivity contribution in [1.29, 1.82) is 0 Å². The van der Waals surface area contributed by atoms with Gasteiger partial charge in [-0.2, -0.15) is 5.10 Å². The van der Waals surface area contributed by atoms with E-state index in [1.807, 2.05) is 50.3 Å². The van der Waals surface area contributed by atoms with Crippen LogP contribution in [0.25, 0.3) is 10.9 Å². The highest BCUT2D eigenvalue weighted by atomic mass is 16.1. The topological polar surface area (TPSA) is 50.2 Å². The van der Waals surface area contributed by atoms with Gasteiger partial charge in [0, 0.05) is 25.5 Å². The lowest BCUT2D eigenvalue weighted by molar-refractivity contribution is 0.0947. The Morgan fingerprint density at radius 3 is 2.83 bits per heavy atom. The van der Waals surface area contributed by atoms with E-state index in [0.717, 1.165) is 17.4 Å². The summed E-state index contributed by atoms with van der Waals surface area (Å²) in [6, 6.07) is 7.74. The van der Waals surface area contributed by atoms with Gasteiger partial charge in [-0.05, 0) is 20.2 Å². The van der Waals surface area contributed by atoms with E-state index in [1.165, 1.54) is 0 Å². The molecule has 0 fully saturated rings. The molecule has 2 aromatic rings.